The molecule has 0 radical (unpaired) electrons. The van der Waals surface area contributed by atoms with Crippen molar-refractivity contribution in [2.45, 2.75) is 13.8 Å². The van der Waals surface area contributed by atoms with Gasteiger partial charge in [0.05, 0.1) is 6.54 Å². The maximum absolute atomic E-state index is 11.8. The highest BCUT2D eigenvalue weighted by atomic mass is 32.1. The van der Waals surface area contributed by atoms with Crippen molar-refractivity contribution in [3.8, 4) is 0 Å². The van der Waals surface area contributed by atoms with Crippen LogP contribution >= 0.6 is 12.2 Å². The maximum atomic E-state index is 11.8. The van der Waals surface area contributed by atoms with Crippen LogP contribution in [0.15, 0.2) is 18.2 Å². The molecule has 0 spiro atoms. The molecule has 1 N–H and O–H groups in total. The van der Waals surface area contributed by atoms with E-state index in [1.165, 1.54) is 11.1 Å². The van der Waals surface area contributed by atoms with E-state index < -0.39 is 0 Å². The van der Waals surface area contributed by atoms with Gasteiger partial charge in [-0.2, -0.15) is 0 Å². The number of amides is 1. The lowest BCUT2D eigenvalue weighted by atomic mass is 10.1. The smallest absolute Gasteiger partial charge is 0.236 e. The number of piperazine rings is 1. The van der Waals surface area contributed by atoms with E-state index in [4.69, 9.17) is 12.2 Å². The van der Waals surface area contributed by atoms with Crippen LogP contribution in [0.1, 0.15) is 11.1 Å². The van der Waals surface area contributed by atoms with Crippen LogP contribution in [-0.4, -0.2) is 72.5 Å². The van der Waals surface area contributed by atoms with Crippen LogP contribution in [0, 0.1) is 13.8 Å². The standard InChI is InChI=1S/C17H26N4OS/c1-13-5-6-15(11-14(13)2)18-17(23)21-9-7-20(8-10-21)12-16(22)19(3)4/h5-6,11H,7-10,12H2,1-4H3,(H,18,23). The van der Waals surface area contributed by atoms with Crippen molar-refractivity contribution in [2.24, 2.45) is 0 Å². The van der Waals surface area contributed by atoms with Gasteiger partial charge in [0.1, 0.15) is 0 Å². The summed E-state index contributed by atoms with van der Waals surface area (Å²) in [7, 11) is 3.59. The van der Waals surface area contributed by atoms with E-state index in [2.05, 4.69) is 47.2 Å². The summed E-state index contributed by atoms with van der Waals surface area (Å²) in [6, 6.07) is 6.28. The molecule has 1 amide bonds. The lowest BCUT2D eigenvalue weighted by Crippen LogP contribution is -2.51. The molecule has 0 bridgehead atoms. The van der Waals surface area contributed by atoms with Gasteiger partial charge in [0.2, 0.25) is 5.91 Å². The molecule has 1 aliphatic rings. The van der Waals surface area contributed by atoms with Crippen molar-refractivity contribution >= 4 is 28.9 Å². The van der Waals surface area contributed by atoms with E-state index >= 15 is 0 Å². The number of thiocarbonyl (C=S) groups is 1. The van der Waals surface area contributed by atoms with E-state index in [1.807, 2.05) is 0 Å². The third kappa shape index (κ3) is 4.91. The van der Waals surface area contributed by atoms with Gasteiger partial charge >= 0.3 is 0 Å². The van der Waals surface area contributed by atoms with Crippen molar-refractivity contribution in [3.63, 3.8) is 0 Å². The molecule has 2 rings (SSSR count). The fraction of sp³-hybridized carbons (Fsp3) is 0.529. The summed E-state index contributed by atoms with van der Waals surface area (Å²) >= 11 is 5.52. The molecule has 0 unspecified atom stereocenters. The largest absolute Gasteiger partial charge is 0.348 e. The number of likely N-dealkylation sites (N-methyl/N-ethyl adjacent to an activating group) is 1. The van der Waals surface area contributed by atoms with Crippen LogP contribution in [0.2, 0.25) is 0 Å². The molecule has 1 fully saturated rings. The van der Waals surface area contributed by atoms with Crippen molar-refractivity contribution < 1.29 is 4.79 Å². The Kier molecular flexibility index (Phi) is 5.96. The first kappa shape index (κ1) is 17.7. The van der Waals surface area contributed by atoms with Crippen LogP contribution in [0.25, 0.3) is 0 Å². The zero-order chi connectivity index (χ0) is 17.0. The van der Waals surface area contributed by atoms with Crippen molar-refractivity contribution in [2.75, 3.05) is 52.1 Å². The number of rotatable bonds is 3. The van der Waals surface area contributed by atoms with Gasteiger partial charge in [0.15, 0.2) is 5.11 Å². The Morgan fingerprint density at radius 1 is 1.17 bits per heavy atom. The Labute approximate surface area is 144 Å². The van der Waals surface area contributed by atoms with E-state index in [1.54, 1.807) is 19.0 Å². The van der Waals surface area contributed by atoms with Gasteiger partial charge < -0.3 is 15.1 Å². The Bertz CT molecular complexity index is 580. The normalized spacial score (nSPS) is 15.4. The number of benzene rings is 1. The average molecular weight is 334 g/mol. The number of nitrogens with one attached hydrogen (secondary N) is 1. The number of hydrogen-bond donors (Lipinski definition) is 1. The molecule has 23 heavy (non-hydrogen) atoms. The summed E-state index contributed by atoms with van der Waals surface area (Å²) in [5.74, 6) is 0.147. The highest BCUT2D eigenvalue weighted by molar-refractivity contribution is 7.80. The second-order valence-corrected chi connectivity index (χ2v) is 6.67. The molecule has 1 aliphatic heterocycles. The number of anilines is 1. The van der Waals surface area contributed by atoms with Gasteiger partial charge in [-0.25, -0.2) is 0 Å². The molecule has 1 heterocycles. The zero-order valence-corrected chi connectivity index (χ0v) is 15.2. The minimum atomic E-state index is 0.147. The first-order valence-corrected chi connectivity index (χ1v) is 8.33. The fourth-order valence-corrected chi connectivity index (χ4v) is 2.76. The van der Waals surface area contributed by atoms with Crippen molar-refractivity contribution in [3.05, 3.63) is 29.3 Å². The highest BCUT2D eigenvalue weighted by Gasteiger charge is 2.21. The fourth-order valence-electron chi connectivity index (χ4n) is 2.46. The lowest BCUT2D eigenvalue weighted by Gasteiger charge is -2.36. The Balaban J connectivity index is 1.83. The molecule has 126 valence electrons. The van der Waals surface area contributed by atoms with Gasteiger partial charge in [-0.3, -0.25) is 9.69 Å². The second-order valence-electron chi connectivity index (χ2n) is 6.28. The van der Waals surface area contributed by atoms with Crippen LogP contribution < -0.4 is 5.32 Å². The summed E-state index contributed by atoms with van der Waals surface area (Å²) in [4.78, 5) is 17.7. The second kappa shape index (κ2) is 7.75. The molecular formula is C17H26N4OS. The summed E-state index contributed by atoms with van der Waals surface area (Å²) in [6.07, 6.45) is 0. The molecule has 1 saturated heterocycles. The van der Waals surface area contributed by atoms with Crippen molar-refractivity contribution in [1.82, 2.24) is 14.7 Å². The highest BCUT2D eigenvalue weighted by Crippen LogP contribution is 2.15. The Hall–Kier alpha value is -1.66. The summed E-state index contributed by atoms with van der Waals surface area (Å²) < 4.78 is 0. The van der Waals surface area contributed by atoms with Crippen LogP contribution in [0.5, 0.6) is 0 Å². The summed E-state index contributed by atoms with van der Waals surface area (Å²) in [6.45, 7) is 8.09. The SMILES string of the molecule is Cc1ccc(NC(=S)N2CCN(CC(=O)N(C)C)CC2)cc1C. The molecule has 0 saturated carbocycles. The number of hydrogen-bond acceptors (Lipinski definition) is 3. The molecule has 5 nitrogen and oxygen atoms in total. The molecule has 0 aromatic heterocycles. The first-order valence-electron chi connectivity index (χ1n) is 7.92. The summed E-state index contributed by atoms with van der Waals surface area (Å²) in [5, 5.41) is 4.07. The quantitative estimate of drug-likeness (QED) is 0.852. The third-order valence-electron chi connectivity index (χ3n) is 4.28. The topological polar surface area (TPSA) is 38.8 Å². The number of aryl methyl sites for hydroxylation is 2. The van der Waals surface area contributed by atoms with Gasteiger partial charge in [0, 0.05) is 46.0 Å². The molecule has 0 aliphatic carbocycles. The predicted octanol–water partition coefficient (Wildman–Crippen LogP) is 1.71. The molecule has 0 atom stereocenters. The molecular weight excluding hydrogens is 308 g/mol. The van der Waals surface area contributed by atoms with Gasteiger partial charge in [-0.1, -0.05) is 6.07 Å². The third-order valence-corrected chi connectivity index (χ3v) is 4.64. The van der Waals surface area contributed by atoms with E-state index in [0.717, 1.165) is 37.0 Å². The van der Waals surface area contributed by atoms with Crippen molar-refractivity contribution in [1.29, 1.82) is 0 Å². The monoisotopic (exact) mass is 334 g/mol. The number of carbonyl (C=O) groups excluding carboxylic acids is 1. The summed E-state index contributed by atoms with van der Waals surface area (Å²) in [5.41, 5.74) is 3.56. The van der Waals surface area contributed by atoms with Gasteiger partial charge in [-0.15, -0.1) is 0 Å². The van der Waals surface area contributed by atoms with E-state index in [9.17, 15) is 4.79 Å². The van der Waals surface area contributed by atoms with E-state index in [0.29, 0.717) is 6.54 Å². The van der Waals surface area contributed by atoms with Crippen LogP contribution in [-0.2, 0) is 4.79 Å². The average Bonchev–Trinajstić information content (AvgIpc) is 2.51. The van der Waals surface area contributed by atoms with Gasteiger partial charge in [0.25, 0.3) is 0 Å². The Morgan fingerprint density at radius 2 is 1.83 bits per heavy atom. The lowest BCUT2D eigenvalue weighted by molar-refractivity contribution is -0.130. The maximum Gasteiger partial charge on any atom is 0.236 e. The minimum Gasteiger partial charge on any atom is -0.348 e. The zero-order valence-electron chi connectivity index (χ0n) is 14.4. The van der Waals surface area contributed by atoms with Crippen LogP contribution in [0.3, 0.4) is 0 Å². The van der Waals surface area contributed by atoms with Crippen LogP contribution in [0.4, 0.5) is 5.69 Å². The van der Waals surface area contributed by atoms with E-state index in [-0.39, 0.29) is 5.91 Å². The molecule has 6 heteroatoms. The number of nitrogens with zero attached hydrogens (tertiary/aromatic N) is 3. The minimum absolute atomic E-state index is 0.147. The molecule has 1 aromatic rings. The first-order chi connectivity index (χ1) is 10.9. The Morgan fingerprint density at radius 3 is 2.39 bits per heavy atom. The molecule has 1 aromatic carbocycles. The number of carbonyl (C=O) groups is 1. The predicted molar refractivity (Wildman–Crippen MR) is 98.8 cm³/mol. The van der Waals surface area contributed by atoms with Gasteiger partial charge in [-0.05, 0) is 49.3 Å².